The number of aromatic carboxylic acids is 1. The third-order valence-corrected chi connectivity index (χ3v) is 3.74. The zero-order chi connectivity index (χ0) is 15.8. The van der Waals surface area contributed by atoms with Gasteiger partial charge in [-0.3, -0.25) is 4.79 Å². The summed E-state index contributed by atoms with van der Waals surface area (Å²) in [6.07, 6.45) is 0.680. The highest BCUT2D eigenvalue weighted by molar-refractivity contribution is 5.89. The van der Waals surface area contributed by atoms with Crippen molar-refractivity contribution in [3.8, 4) is 0 Å². The van der Waals surface area contributed by atoms with Gasteiger partial charge in [0.15, 0.2) is 0 Å². The summed E-state index contributed by atoms with van der Waals surface area (Å²) in [7, 11) is 0. The fourth-order valence-corrected chi connectivity index (χ4v) is 2.39. The molecule has 0 saturated carbocycles. The highest BCUT2D eigenvalue weighted by Crippen LogP contribution is 2.28. The summed E-state index contributed by atoms with van der Waals surface area (Å²) < 4.78 is 0. The summed E-state index contributed by atoms with van der Waals surface area (Å²) in [5, 5.41) is 9.26. The van der Waals surface area contributed by atoms with Crippen LogP contribution < -0.4 is 10.6 Å². The molecule has 6 nitrogen and oxygen atoms in total. The van der Waals surface area contributed by atoms with Crippen molar-refractivity contribution in [1.82, 2.24) is 4.98 Å². The quantitative estimate of drug-likeness (QED) is 0.877. The molecular formula is C15H21N3O3. The lowest BCUT2D eigenvalue weighted by molar-refractivity contribution is -0.121. The van der Waals surface area contributed by atoms with Crippen molar-refractivity contribution in [2.24, 2.45) is 11.7 Å². The molecule has 1 aliphatic rings. The van der Waals surface area contributed by atoms with E-state index in [4.69, 9.17) is 5.73 Å². The summed E-state index contributed by atoms with van der Waals surface area (Å²) in [6.45, 7) is 7.12. The second kappa shape index (κ2) is 5.35. The number of carboxylic acids is 1. The van der Waals surface area contributed by atoms with E-state index < -0.39 is 5.97 Å². The molecule has 3 N–H and O–H groups in total. The number of pyridine rings is 1. The normalized spacial score (nSPS) is 18.8. The van der Waals surface area contributed by atoms with Crippen LogP contribution in [0.4, 0.5) is 5.82 Å². The van der Waals surface area contributed by atoms with Crippen LogP contribution in [0, 0.1) is 5.92 Å². The van der Waals surface area contributed by atoms with Crippen molar-refractivity contribution in [2.45, 2.75) is 32.6 Å². The van der Waals surface area contributed by atoms with Gasteiger partial charge in [0.05, 0.1) is 11.5 Å². The zero-order valence-electron chi connectivity index (χ0n) is 12.6. The molecule has 1 aromatic rings. The Morgan fingerprint density at radius 2 is 2.05 bits per heavy atom. The lowest BCUT2D eigenvalue weighted by Gasteiger charge is -2.23. The van der Waals surface area contributed by atoms with Gasteiger partial charge in [-0.15, -0.1) is 0 Å². The van der Waals surface area contributed by atoms with Crippen molar-refractivity contribution in [1.29, 1.82) is 0 Å². The van der Waals surface area contributed by atoms with Crippen LogP contribution in [-0.4, -0.2) is 35.1 Å². The molecule has 0 bridgehead atoms. The maximum Gasteiger partial charge on any atom is 0.335 e. The first-order chi connectivity index (χ1) is 9.68. The van der Waals surface area contributed by atoms with E-state index in [0.29, 0.717) is 25.3 Å². The number of amides is 1. The molecule has 1 unspecified atom stereocenters. The minimum Gasteiger partial charge on any atom is -0.478 e. The Labute approximate surface area is 124 Å². The van der Waals surface area contributed by atoms with Gasteiger partial charge in [0.25, 0.3) is 0 Å². The molecule has 1 aromatic heterocycles. The third-order valence-electron chi connectivity index (χ3n) is 3.74. The number of aromatic nitrogens is 1. The second-order valence-electron chi connectivity index (χ2n) is 6.49. The van der Waals surface area contributed by atoms with Gasteiger partial charge in [-0.25, -0.2) is 9.78 Å². The SMILES string of the molecule is CC(C)(C)c1cc(C(=O)O)cc(N2CCC(C(N)=O)C2)n1. The Morgan fingerprint density at radius 1 is 1.38 bits per heavy atom. The van der Waals surface area contributed by atoms with Crippen LogP contribution in [0.3, 0.4) is 0 Å². The highest BCUT2D eigenvalue weighted by atomic mass is 16.4. The van der Waals surface area contributed by atoms with E-state index >= 15 is 0 Å². The van der Waals surface area contributed by atoms with Crippen LogP contribution in [-0.2, 0) is 10.2 Å². The fourth-order valence-electron chi connectivity index (χ4n) is 2.39. The number of carbonyl (C=O) groups is 2. The van der Waals surface area contributed by atoms with Gasteiger partial charge in [0, 0.05) is 24.2 Å². The smallest absolute Gasteiger partial charge is 0.335 e. The predicted molar refractivity (Wildman–Crippen MR) is 79.4 cm³/mol. The molecule has 1 fully saturated rings. The Hall–Kier alpha value is -2.11. The maximum atomic E-state index is 11.3. The largest absolute Gasteiger partial charge is 0.478 e. The first kappa shape index (κ1) is 15.3. The summed E-state index contributed by atoms with van der Waals surface area (Å²) in [6, 6.07) is 3.16. The molecule has 2 heterocycles. The second-order valence-corrected chi connectivity index (χ2v) is 6.49. The molecule has 2 rings (SSSR count). The summed E-state index contributed by atoms with van der Waals surface area (Å²) in [5.74, 6) is -0.889. The van der Waals surface area contributed by atoms with E-state index in [0.717, 1.165) is 5.69 Å². The van der Waals surface area contributed by atoms with Crippen LogP contribution in [0.2, 0.25) is 0 Å². The van der Waals surface area contributed by atoms with Gasteiger partial charge in [0.1, 0.15) is 5.82 Å². The lowest BCUT2D eigenvalue weighted by atomic mass is 9.90. The van der Waals surface area contributed by atoms with E-state index in [1.807, 2.05) is 25.7 Å². The lowest BCUT2D eigenvalue weighted by Crippen LogP contribution is -2.28. The number of carbonyl (C=O) groups excluding carboxylic acids is 1. The van der Waals surface area contributed by atoms with E-state index in [1.165, 1.54) is 0 Å². The van der Waals surface area contributed by atoms with Crippen molar-refractivity contribution < 1.29 is 14.7 Å². The Bertz CT molecular complexity index is 578. The van der Waals surface area contributed by atoms with E-state index in [2.05, 4.69) is 4.98 Å². The Kier molecular flexibility index (Phi) is 3.89. The minimum atomic E-state index is -0.977. The van der Waals surface area contributed by atoms with Crippen molar-refractivity contribution in [2.75, 3.05) is 18.0 Å². The molecule has 1 amide bonds. The Balaban J connectivity index is 2.37. The molecule has 1 saturated heterocycles. The van der Waals surface area contributed by atoms with Crippen LogP contribution in [0.25, 0.3) is 0 Å². The molecule has 21 heavy (non-hydrogen) atoms. The molecule has 114 valence electrons. The molecule has 1 atom stereocenters. The first-order valence-corrected chi connectivity index (χ1v) is 6.98. The van der Waals surface area contributed by atoms with Crippen LogP contribution >= 0.6 is 0 Å². The number of nitrogens with zero attached hydrogens (tertiary/aromatic N) is 2. The molecule has 0 spiro atoms. The molecule has 6 heteroatoms. The van der Waals surface area contributed by atoms with Gasteiger partial charge in [-0.05, 0) is 18.6 Å². The topological polar surface area (TPSA) is 96.5 Å². The molecular weight excluding hydrogens is 270 g/mol. The maximum absolute atomic E-state index is 11.3. The number of rotatable bonds is 3. The summed E-state index contributed by atoms with van der Waals surface area (Å²) in [4.78, 5) is 29.1. The standard InChI is InChI=1S/C15H21N3O3/c1-15(2,3)11-6-10(14(20)21)7-12(17-11)18-5-4-9(8-18)13(16)19/h6-7,9H,4-5,8H2,1-3H3,(H2,16,19)(H,20,21). The number of carboxylic acid groups (broad SMARTS) is 1. The average molecular weight is 291 g/mol. The van der Waals surface area contributed by atoms with Crippen LogP contribution in [0.5, 0.6) is 0 Å². The minimum absolute atomic E-state index is 0.196. The number of nitrogens with two attached hydrogens (primary N) is 1. The van der Waals surface area contributed by atoms with Crippen molar-refractivity contribution in [3.63, 3.8) is 0 Å². The zero-order valence-corrected chi connectivity index (χ0v) is 12.6. The van der Waals surface area contributed by atoms with Gasteiger partial charge in [0.2, 0.25) is 5.91 Å². The molecule has 0 radical (unpaired) electrons. The fraction of sp³-hybridized carbons (Fsp3) is 0.533. The van der Waals surface area contributed by atoms with Gasteiger partial charge in [-0.2, -0.15) is 0 Å². The van der Waals surface area contributed by atoms with E-state index in [-0.39, 0.29) is 22.8 Å². The van der Waals surface area contributed by atoms with Crippen molar-refractivity contribution in [3.05, 3.63) is 23.4 Å². The number of anilines is 1. The van der Waals surface area contributed by atoms with Crippen LogP contribution in [0.15, 0.2) is 12.1 Å². The monoisotopic (exact) mass is 291 g/mol. The third kappa shape index (κ3) is 3.32. The van der Waals surface area contributed by atoms with E-state index in [1.54, 1.807) is 12.1 Å². The van der Waals surface area contributed by atoms with Crippen molar-refractivity contribution >= 4 is 17.7 Å². The van der Waals surface area contributed by atoms with E-state index in [9.17, 15) is 14.7 Å². The van der Waals surface area contributed by atoms with Crippen LogP contribution in [0.1, 0.15) is 43.2 Å². The highest BCUT2D eigenvalue weighted by Gasteiger charge is 2.29. The van der Waals surface area contributed by atoms with Gasteiger partial charge >= 0.3 is 5.97 Å². The molecule has 1 aliphatic heterocycles. The number of primary amides is 1. The van der Waals surface area contributed by atoms with Gasteiger partial charge in [-0.1, -0.05) is 20.8 Å². The predicted octanol–water partition coefficient (Wildman–Crippen LogP) is 1.39. The average Bonchev–Trinajstić information content (AvgIpc) is 2.86. The summed E-state index contributed by atoms with van der Waals surface area (Å²) in [5.41, 5.74) is 6.03. The molecule has 0 aromatic carbocycles. The number of hydrogen-bond donors (Lipinski definition) is 2. The summed E-state index contributed by atoms with van der Waals surface area (Å²) >= 11 is 0. The first-order valence-electron chi connectivity index (χ1n) is 6.98. The number of hydrogen-bond acceptors (Lipinski definition) is 4. The molecule has 0 aliphatic carbocycles. The van der Waals surface area contributed by atoms with Gasteiger partial charge < -0.3 is 15.7 Å². The Morgan fingerprint density at radius 3 is 2.52 bits per heavy atom.